The molecule has 108 valence electrons. The van der Waals surface area contributed by atoms with Crippen LogP contribution in [-0.4, -0.2) is 11.5 Å². The van der Waals surface area contributed by atoms with Crippen molar-refractivity contribution >= 4 is 5.82 Å². The molecular weight excluding hydrogens is 246 g/mol. The predicted octanol–water partition coefficient (Wildman–Crippen LogP) is 3.17. The van der Waals surface area contributed by atoms with Crippen LogP contribution in [0.25, 0.3) is 0 Å². The molecule has 3 nitrogen and oxygen atoms in total. The van der Waals surface area contributed by atoms with Crippen LogP contribution in [-0.2, 0) is 6.54 Å². The van der Waals surface area contributed by atoms with Crippen LogP contribution in [0.5, 0.6) is 0 Å². The fraction of sp³-hybridized carbons (Fsp3) is 0.706. The highest BCUT2D eigenvalue weighted by Crippen LogP contribution is 2.59. The molecule has 3 N–H and O–H groups in total. The van der Waals surface area contributed by atoms with Gasteiger partial charge in [0.25, 0.3) is 0 Å². The standard InChI is InChI=1S/C17H25N3/c18-10-15-2-1-3-19-16(15)20-11-17-7-12-4-13(8-17)6-14(5-12)9-17/h1-3,12-14H,4-11,18H2,(H,19,20). The Bertz CT molecular complexity index is 461. The monoisotopic (exact) mass is 271 g/mol. The third-order valence-corrected chi connectivity index (χ3v) is 5.91. The molecule has 3 heteroatoms. The Balaban J connectivity index is 1.49. The summed E-state index contributed by atoms with van der Waals surface area (Å²) in [6.45, 7) is 1.66. The quantitative estimate of drug-likeness (QED) is 0.884. The topological polar surface area (TPSA) is 50.9 Å². The highest BCUT2D eigenvalue weighted by molar-refractivity contribution is 5.43. The van der Waals surface area contributed by atoms with Crippen LogP contribution in [0, 0.1) is 23.2 Å². The first-order valence-corrected chi connectivity index (χ1v) is 8.14. The molecule has 4 fully saturated rings. The third kappa shape index (κ3) is 2.12. The Morgan fingerprint density at radius 2 is 1.80 bits per heavy atom. The zero-order valence-electron chi connectivity index (χ0n) is 12.1. The van der Waals surface area contributed by atoms with Crippen molar-refractivity contribution in [2.45, 2.75) is 45.1 Å². The second-order valence-electron chi connectivity index (χ2n) is 7.49. The van der Waals surface area contributed by atoms with E-state index >= 15 is 0 Å². The molecule has 1 heterocycles. The molecular formula is C17H25N3. The van der Waals surface area contributed by atoms with Crippen molar-refractivity contribution in [3.63, 3.8) is 0 Å². The third-order valence-electron chi connectivity index (χ3n) is 5.91. The summed E-state index contributed by atoms with van der Waals surface area (Å²) < 4.78 is 0. The molecule has 4 aliphatic carbocycles. The van der Waals surface area contributed by atoms with Crippen molar-refractivity contribution in [3.8, 4) is 0 Å². The number of nitrogens with one attached hydrogen (secondary N) is 1. The molecule has 4 bridgehead atoms. The molecule has 0 saturated heterocycles. The number of nitrogens with zero attached hydrogens (tertiary/aromatic N) is 1. The van der Waals surface area contributed by atoms with Crippen LogP contribution < -0.4 is 11.1 Å². The summed E-state index contributed by atoms with van der Waals surface area (Å²) >= 11 is 0. The normalized spacial score (nSPS) is 38.1. The maximum atomic E-state index is 5.81. The van der Waals surface area contributed by atoms with E-state index < -0.39 is 0 Å². The lowest BCUT2D eigenvalue weighted by Crippen LogP contribution is -2.49. The van der Waals surface area contributed by atoms with E-state index in [1.807, 2.05) is 12.3 Å². The Morgan fingerprint density at radius 3 is 2.40 bits per heavy atom. The fourth-order valence-corrected chi connectivity index (χ4v) is 5.54. The van der Waals surface area contributed by atoms with Gasteiger partial charge in [-0.15, -0.1) is 0 Å². The van der Waals surface area contributed by atoms with E-state index in [-0.39, 0.29) is 0 Å². The number of rotatable bonds is 4. The average molecular weight is 271 g/mol. The van der Waals surface area contributed by atoms with Gasteiger partial charge in [-0.05, 0) is 67.8 Å². The molecule has 4 saturated carbocycles. The minimum atomic E-state index is 0.554. The second kappa shape index (κ2) is 4.73. The van der Waals surface area contributed by atoms with Gasteiger partial charge in [-0.1, -0.05) is 6.07 Å². The Kier molecular flexibility index (Phi) is 2.99. The molecule has 0 aliphatic heterocycles. The first-order chi connectivity index (χ1) is 9.76. The van der Waals surface area contributed by atoms with E-state index in [9.17, 15) is 0 Å². The number of hydrogen-bond donors (Lipinski definition) is 2. The van der Waals surface area contributed by atoms with Crippen molar-refractivity contribution < 1.29 is 0 Å². The summed E-state index contributed by atoms with van der Waals surface area (Å²) in [7, 11) is 0. The van der Waals surface area contributed by atoms with Crippen molar-refractivity contribution in [1.29, 1.82) is 0 Å². The zero-order chi connectivity index (χ0) is 13.6. The maximum Gasteiger partial charge on any atom is 0.130 e. The van der Waals surface area contributed by atoms with Crippen LogP contribution in [0.1, 0.15) is 44.1 Å². The molecule has 0 aromatic carbocycles. The largest absolute Gasteiger partial charge is 0.369 e. The number of hydrogen-bond acceptors (Lipinski definition) is 3. The second-order valence-corrected chi connectivity index (χ2v) is 7.49. The van der Waals surface area contributed by atoms with Crippen LogP contribution in [0.3, 0.4) is 0 Å². The van der Waals surface area contributed by atoms with Crippen molar-refractivity contribution in [2.75, 3.05) is 11.9 Å². The lowest BCUT2D eigenvalue weighted by molar-refractivity contribution is -0.0444. The van der Waals surface area contributed by atoms with Crippen LogP contribution in [0.4, 0.5) is 5.82 Å². The Hall–Kier alpha value is -1.09. The number of aromatic nitrogens is 1. The minimum Gasteiger partial charge on any atom is -0.369 e. The molecule has 0 radical (unpaired) electrons. The summed E-state index contributed by atoms with van der Waals surface area (Å²) in [5, 5.41) is 3.63. The van der Waals surface area contributed by atoms with E-state index in [0.29, 0.717) is 12.0 Å². The molecule has 0 spiro atoms. The van der Waals surface area contributed by atoms with Crippen LogP contribution in [0.2, 0.25) is 0 Å². The van der Waals surface area contributed by atoms with E-state index in [4.69, 9.17) is 5.73 Å². The average Bonchev–Trinajstić information content (AvgIpc) is 2.44. The van der Waals surface area contributed by atoms with Gasteiger partial charge in [-0.3, -0.25) is 0 Å². The molecule has 1 aromatic rings. The predicted molar refractivity (Wildman–Crippen MR) is 81.2 cm³/mol. The van der Waals surface area contributed by atoms with Gasteiger partial charge in [0.05, 0.1) is 0 Å². The van der Waals surface area contributed by atoms with E-state index in [2.05, 4.69) is 16.4 Å². The summed E-state index contributed by atoms with van der Waals surface area (Å²) in [5.41, 5.74) is 7.50. The summed E-state index contributed by atoms with van der Waals surface area (Å²) in [6, 6.07) is 4.05. The number of anilines is 1. The van der Waals surface area contributed by atoms with Crippen molar-refractivity contribution in [1.82, 2.24) is 4.98 Å². The molecule has 0 unspecified atom stereocenters. The highest BCUT2D eigenvalue weighted by Gasteiger charge is 2.50. The molecule has 0 atom stereocenters. The van der Waals surface area contributed by atoms with E-state index in [0.717, 1.165) is 35.7 Å². The van der Waals surface area contributed by atoms with Gasteiger partial charge in [-0.25, -0.2) is 4.98 Å². The summed E-state index contributed by atoms with van der Waals surface area (Å²) in [6.07, 6.45) is 10.7. The van der Waals surface area contributed by atoms with E-state index in [1.165, 1.54) is 38.5 Å². The lowest BCUT2D eigenvalue weighted by atomic mass is 9.49. The number of pyridine rings is 1. The lowest BCUT2D eigenvalue weighted by Gasteiger charge is -2.57. The minimum absolute atomic E-state index is 0.554. The first-order valence-electron chi connectivity index (χ1n) is 8.14. The molecule has 5 rings (SSSR count). The van der Waals surface area contributed by atoms with Crippen molar-refractivity contribution in [2.24, 2.45) is 28.9 Å². The number of nitrogens with two attached hydrogens (primary N) is 1. The van der Waals surface area contributed by atoms with Crippen LogP contribution in [0.15, 0.2) is 18.3 Å². The summed E-state index contributed by atoms with van der Waals surface area (Å²) in [4.78, 5) is 4.48. The van der Waals surface area contributed by atoms with Gasteiger partial charge in [0.15, 0.2) is 0 Å². The molecule has 20 heavy (non-hydrogen) atoms. The summed E-state index contributed by atoms with van der Waals surface area (Å²) in [5.74, 6) is 4.05. The SMILES string of the molecule is NCc1cccnc1NCC12CC3CC(CC(C3)C1)C2. The van der Waals surface area contributed by atoms with Gasteiger partial charge >= 0.3 is 0 Å². The van der Waals surface area contributed by atoms with Crippen molar-refractivity contribution in [3.05, 3.63) is 23.9 Å². The van der Waals surface area contributed by atoms with Gasteiger partial charge in [0, 0.05) is 24.8 Å². The molecule has 4 aliphatic rings. The van der Waals surface area contributed by atoms with Gasteiger partial charge in [0.1, 0.15) is 5.82 Å². The van der Waals surface area contributed by atoms with E-state index in [1.54, 1.807) is 0 Å². The fourth-order valence-electron chi connectivity index (χ4n) is 5.54. The van der Waals surface area contributed by atoms with Crippen LogP contribution >= 0.6 is 0 Å². The highest BCUT2D eigenvalue weighted by atomic mass is 15.0. The smallest absolute Gasteiger partial charge is 0.130 e. The Labute approximate surface area is 121 Å². The van der Waals surface area contributed by atoms with Gasteiger partial charge in [-0.2, -0.15) is 0 Å². The maximum absolute atomic E-state index is 5.81. The Morgan fingerprint density at radius 1 is 1.15 bits per heavy atom. The molecule has 1 aromatic heterocycles. The van der Waals surface area contributed by atoms with Gasteiger partial charge in [0.2, 0.25) is 0 Å². The molecule has 0 amide bonds. The first kappa shape index (κ1) is 12.6. The zero-order valence-corrected chi connectivity index (χ0v) is 12.1. The van der Waals surface area contributed by atoms with Gasteiger partial charge < -0.3 is 11.1 Å².